The van der Waals surface area contributed by atoms with Gasteiger partial charge in [-0.2, -0.15) is 0 Å². The zero-order chi connectivity index (χ0) is 12.9. The van der Waals surface area contributed by atoms with Crippen molar-refractivity contribution in [3.05, 3.63) is 22.2 Å². The van der Waals surface area contributed by atoms with Crippen LogP contribution in [-0.4, -0.2) is 29.3 Å². The topological polar surface area (TPSA) is 64.2 Å². The van der Waals surface area contributed by atoms with Crippen LogP contribution in [0.5, 0.6) is 5.88 Å². The molecule has 0 saturated carbocycles. The highest BCUT2D eigenvalue weighted by atomic mass is 16.5. The summed E-state index contributed by atoms with van der Waals surface area (Å²) < 4.78 is 10.7. The summed E-state index contributed by atoms with van der Waals surface area (Å²) in [5, 5.41) is 0. The van der Waals surface area contributed by atoms with Crippen LogP contribution in [0.15, 0.2) is 10.9 Å². The third kappa shape index (κ3) is 4.56. The molecule has 5 heteroatoms. The van der Waals surface area contributed by atoms with Gasteiger partial charge in [0.25, 0.3) is 5.56 Å². The number of rotatable bonds is 6. The molecule has 0 aromatic carbocycles. The van der Waals surface area contributed by atoms with E-state index < -0.39 is 0 Å². The van der Waals surface area contributed by atoms with E-state index in [2.05, 4.69) is 9.97 Å². The number of methoxy groups -OCH3 is 1. The molecule has 1 aromatic rings. The van der Waals surface area contributed by atoms with Crippen LogP contribution >= 0.6 is 0 Å². The van der Waals surface area contributed by atoms with Crippen molar-refractivity contribution in [2.24, 2.45) is 0 Å². The summed E-state index contributed by atoms with van der Waals surface area (Å²) in [6, 6.07) is 1.36. The predicted molar refractivity (Wildman–Crippen MR) is 65.4 cm³/mol. The molecule has 17 heavy (non-hydrogen) atoms. The van der Waals surface area contributed by atoms with Gasteiger partial charge in [-0.1, -0.05) is 6.92 Å². The Hall–Kier alpha value is -1.36. The number of aromatic nitrogens is 2. The standard InChI is InChI=1S/C12H20N2O3/c1-5-9-13-10(15)8-11(14-9)17-7-6-12(2,3)16-4/h8H,5-7H2,1-4H3,(H,13,14,15). The maximum atomic E-state index is 11.3. The van der Waals surface area contributed by atoms with Crippen LogP contribution in [0.25, 0.3) is 0 Å². The third-order valence-electron chi connectivity index (χ3n) is 2.61. The molecule has 1 rings (SSSR count). The summed E-state index contributed by atoms with van der Waals surface area (Å²) in [5.41, 5.74) is -0.410. The number of aromatic amines is 1. The van der Waals surface area contributed by atoms with Gasteiger partial charge in [0, 0.05) is 20.0 Å². The minimum absolute atomic E-state index is 0.183. The molecule has 0 radical (unpaired) electrons. The molecular formula is C12H20N2O3. The largest absolute Gasteiger partial charge is 0.477 e. The van der Waals surface area contributed by atoms with Gasteiger partial charge in [-0.05, 0) is 13.8 Å². The van der Waals surface area contributed by atoms with Crippen molar-refractivity contribution in [2.75, 3.05) is 13.7 Å². The number of ether oxygens (including phenoxy) is 2. The summed E-state index contributed by atoms with van der Waals surface area (Å²) in [7, 11) is 1.67. The molecule has 0 aliphatic carbocycles. The van der Waals surface area contributed by atoms with Gasteiger partial charge in [-0.25, -0.2) is 4.98 Å². The molecule has 0 amide bonds. The van der Waals surface area contributed by atoms with Crippen molar-refractivity contribution in [1.82, 2.24) is 9.97 Å². The van der Waals surface area contributed by atoms with Gasteiger partial charge < -0.3 is 14.5 Å². The first-order chi connectivity index (χ1) is 7.96. The maximum absolute atomic E-state index is 11.3. The molecule has 0 atom stereocenters. The highest BCUT2D eigenvalue weighted by Crippen LogP contribution is 2.13. The average molecular weight is 240 g/mol. The SMILES string of the molecule is CCc1nc(OCCC(C)(C)OC)cc(=O)[nH]1. The van der Waals surface area contributed by atoms with E-state index in [1.54, 1.807) is 7.11 Å². The Morgan fingerprint density at radius 3 is 2.76 bits per heavy atom. The van der Waals surface area contributed by atoms with E-state index >= 15 is 0 Å². The van der Waals surface area contributed by atoms with Crippen LogP contribution in [0.4, 0.5) is 0 Å². The Morgan fingerprint density at radius 2 is 2.18 bits per heavy atom. The maximum Gasteiger partial charge on any atom is 0.254 e. The lowest BCUT2D eigenvalue weighted by Gasteiger charge is -2.22. The van der Waals surface area contributed by atoms with Crippen LogP contribution in [0.3, 0.4) is 0 Å². The van der Waals surface area contributed by atoms with Crippen molar-refractivity contribution in [2.45, 2.75) is 39.2 Å². The van der Waals surface area contributed by atoms with E-state index in [-0.39, 0.29) is 11.2 Å². The van der Waals surface area contributed by atoms with Crippen LogP contribution in [0.2, 0.25) is 0 Å². The first kappa shape index (κ1) is 13.7. The smallest absolute Gasteiger partial charge is 0.254 e. The van der Waals surface area contributed by atoms with Crippen molar-refractivity contribution >= 4 is 0 Å². The Kier molecular flexibility index (Phi) is 4.69. The lowest BCUT2D eigenvalue weighted by molar-refractivity contribution is 0.00505. The molecular weight excluding hydrogens is 220 g/mol. The Bertz CT molecular complexity index is 412. The molecule has 5 nitrogen and oxygen atoms in total. The molecule has 0 aliphatic heterocycles. The molecule has 0 aliphatic rings. The van der Waals surface area contributed by atoms with E-state index in [4.69, 9.17) is 9.47 Å². The number of nitrogens with one attached hydrogen (secondary N) is 1. The van der Waals surface area contributed by atoms with Gasteiger partial charge >= 0.3 is 0 Å². The van der Waals surface area contributed by atoms with Gasteiger partial charge in [0.15, 0.2) is 0 Å². The fourth-order valence-electron chi connectivity index (χ4n) is 1.23. The number of hydrogen-bond donors (Lipinski definition) is 1. The quantitative estimate of drug-likeness (QED) is 0.819. The third-order valence-corrected chi connectivity index (χ3v) is 2.61. The van der Waals surface area contributed by atoms with E-state index in [9.17, 15) is 4.79 Å². The number of hydrogen-bond acceptors (Lipinski definition) is 4. The zero-order valence-electron chi connectivity index (χ0n) is 10.9. The molecule has 1 heterocycles. The van der Waals surface area contributed by atoms with E-state index in [1.165, 1.54) is 6.07 Å². The van der Waals surface area contributed by atoms with Crippen LogP contribution in [-0.2, 0) is 11.2 Å². The van der Waals surface area contributed by atoms with E-state index in [0.717, 1.165) is 6.42 Å². The summed E-state index contributed by atoms with van der Waals surface area (Å²) in [4.78, 5) is 18.1. The number of H-pyrrole nitrogens is 1. The highest BCUT2D eigenvalue weighted by Gasteiger charge is 2.16. The normalized spacial score (nSPS) is 11.5. The summed E-state index contributed by atoms with van der Waals surface area (Å²) in [5.74, 6) is 1.01. The van der Waals surface area contributed by atoms with Crippen molar-refractivity contribution < 1.29 is 9.47 Å². The van der Waals surface area contributed by atoms with Gasteiger partial charge in [-0.15, -0.1) is 0 Å². The molecule has 0 spiro atoms. The Labute approximate surface area is 101 Å². The lowest BCUT2D eigenvalue weighted by Crippen LogP contribution is -2.25. The van der Waals surface area contributed by atoms with E-state index in [1.807, 2.05) is 20.8 Å². The van der Waals surface area contributed by atoms with Gasteiger partial charge in [0.05, 0.1) is 18.3 Å². The Balaban J connectivity index is 2.58. The molecule has 1 aromatic heterocycles. The second kappa shape index (κ2) is 5.82. The van der Waals surface area contributed by atoms with Crippen molar-refractivity contribution in [3.8, 4) is 5.88 Å². The minimum Gasteiger partial charge on any atom is -0.477 e. The first-order valence-corrected chi connectivity index (χ1v) is 5.75. The summed E-state index contributed by atoms with van der Waals surface area (Å²) in [6.07, 6.45) is 1.41. The van der Waals surface area contributed by atoms with E-state index in [0.29, 0.717) is 24.7 Å². The molecule has 1 N–H and O–H groups in total. The second-order valence-corrected chi connectivity index (χ2v) is 4.45. The second-order valence-electron chi connectivity index (χ2n) is 4.45. The van der Waals surface area contributed by atoms with Crippen molar-refractivity contribution in [3.63, 3.8) is 0 Å². The number of nitrogens with zero attached hydrogens (tertiary/aromatic N) is 1. The van der Waals surface area contributed by atoms with Crippen LogP contribution < -0.4 is 10.3 Å². The predicted octanol–water partition coefficient (Wildman–Crippen LogP) is 1.53. The monoisotopic (exact) mass is 240 g/mol. The summed E-state index contributed by atoms with van der Waals surface area (Å²) in [6.45, 7) is 6.37. The molecule has 0 saturated heterocycles. The van der Waals surface area contributed by atoms with Crippen LogP contribution in [0.1, 0.15) is 33.0 Å². The summed E-state index contributed by atoms with van der Waals surface area (Å²) >= 11 is 0. The molecule has 0 fully saturated rings. The van der Waals surface area contributed by atoms with Gasteiger partial charge in [0.2, 0.25) is 5.88 Å². The fraction of sp³-hybridized carbons (Fsp3) is 0.667. The lowest BCUT2D eigenvalue weighted by atomic mass is 10.1. The average Bonchev–Trinajstić information content (AvgIpc) is 2.28. The Morgan fingerprint density at radius 1 is 1.47 bits per heavy atom. The zero-order valence-corrected chi connectivity index (χ0v) is 10.9. The first-order valence-electron chi connectivity index (χ1n) is 5.75. The number of aryl methyl sites for hydroxylation is 1. The highest BCUT2D eigenvalue weighted by molar-refractivity contribution is 5.08. The molecule has 0 unspecified atom stereocenters. The van der Waals surface area contributed by atoms with Crippen LogP contribution in [0, 0.1) is 0 Å². The molecule has 96 valence electrons. The molecule has 0 bridgehead atoms. The van der Waals surface area contributed by atoms with Gasteiger partial charge in [0.1, 0.15) is 5.82 Å². The van der Waals surface area contributed by atoms with Crippen molar-refractivity contribution in [1.29, 1.82) is 0 Å². The fourth-order valence-corrected chi connectivity index (χ4v) is 1.23. The van der Waals surface area contributed by atoms with Gasteiger partial charge in [-0.3, -0.25) is 4.79 Å². The minimum atomic E-state index is -0.227.